The average molecular weight is 266 g/mol. The Labute approximate surface area is 111 Å². The van der Waals surface area contributed by atoms with Gasteiger partial charge in [-0.15, -0.1) is 11.8 Å². The van der Waals surface area contributed by atoms with E-state index in [0.29, 0.717) is 12.1 Å². The number of nitrogens with two attached hydrogens (primary N) is 1. The lowest BCUT2D eigenvalue weighted by atomic mass is 10.2. The first-order valence-electron chi connectivity index (χ1n) is 5.93. The normalized spacial score (nSPS) is 10.1. The molecule has 2 amide bonds. The van der Waals surface area contributed by atoms with Gasteiger partial charge in [0.15, 0.2) is 0 Å². The molecule has 0 heterocycles. The highest BCUT2D eigenvalue weighted by Gasteiger charge is 2.11. The highest BCUT2D eigenvalue weighted by Crippen LogP contribution is 2.22. The summed E-state index contributed by atoms with van der Waals surface area (Å²) >= 11 is 1.29. The Bertz CT molecular complexity index is 421. The zero-order chi connectivity index (χ0) is 13.4. The molecule has 1 aromatic rings. The van der Waals surface area contributed by atoms with E-state index in [0.717, 1.165) is 17.7 Å². The van der Waals surface area contributed by atoms with Crippen molar-refractivity contribution in [1.82, 2.24) is 5.32 Å². The van der Waals surface area contributed by atoms with Gasteiger partial charge in [0.05, 0.1) is 11.3 Å². The minimum absolute atomic E-state index is 0.101. The maximum atomic E-state index is 11.9. The van der Waals surface area contributed by atoms with Crippen LogP contribution in [0.5, 0.6) is 0 Å². The average Bonchev–Trinajstić information content (AvgIpc) is 2.37. The van der Waals surface area contributed by atoms with Crippen molar-refractivity contribution in [2.45, 2.75) is 24.7 Å². The number of rotatable bonds is 7. The Morgan fingerprint density at radius 2 is 2.06 bits per heavy atom. The van der Waals surface area contributed by atoms with Gasteiger partial charge in [0.2, 0.25) is 5.91 Å². The Kier molecular flexibility index (Phi) is 6.28. The van der Waals surface area contributed by atoms with Crippen molar-refractivity contribution in [2.24, 2.45) is 5.73 Å². The maximum absolute atomic E-state index is 11.9. The van der Waals surface area contributed by atoms with Crippen LogP contribution < -0.4 is 11.1 Å². The summed E-state index contributed by atoms with van der Waals surface area (Å²) < 4.78 is 0. The van der Waals surface area contributed by atoms with E-state index in [-0.39, 0.29) is 17.6 Å². The number of carbonyl (C=O) groups excluding carboxylic acids is 2. The molecular formula is C13H18N2O2S. The summed E-state index contributed by atoms with van der Waals surface area (Å²) in [7, 11) is 0. The summed E-state index contributed by atoms with van der Waals surface area (Å²) in [5, 5.41) is 2.86. The maximum Gasteiger partial charge on any atom is 0.252 e. The number of carbonyl (C=O) groups is 2. The van der Waals surface area contributed by atoms with Gasteiger partial charge < -0.3 is 11.1 Å². The third-order valence-corrected chi connectivity index (χ3v) is 3.41. The Morgan fingerprint density at radius 3 is 2.72 bits per heavy atom. The number of hydrogen-bond acceptors (Lipinski definition) is 3. The van der Waals surface area contributed by atoms with E-state index >= 15 is 0 Å². The van der Waals surface area contributed by atoms with Crippen LogP contribution in [-0.4, -0.2) is 24.1 Å². The smallest absolute Gasteiger partial charge is 0.252 e. The lowest BCUT2D eigenvalue weighted by molar-refractivity contribution is -0.115. The predicted octanol–water partition coefficient (Wildman–Crippen LogP) is 1.79. The molecule has 1 aromatic carbocycles. The summed E-state index contributed by atoms with van der Waals surface area (Å²) in [4.78, 5) is 23.5. The van der Waals surface area contributed by atoms with Gasteiger partial charge in [0, 0.05) is 11.4 Å². The van der Waals surface area contributed by atoms with Gasteiger partial charge in [-0.25, -0.2) is 0 Å². The van der Waals surface area contributed by atoms with Crippen LogP contribution in [0.25, 0.3) is 0 Å². The third kappa shape index (κ3) is 4.79. The van der Waals surface area contributed by atoms with Crippen LogP contribution in [-0.2, 0) is 4.79 Å². The fourth-order valence-electron chi connectivity index (χ4n) is 1.40. The highest BCUT2D eigenvalue weighted by atomic mass is 32.2. The minimum atomic E-state index is -0.388. The zero-order valence-corrected chi connectivity index (χ0v) is 11.3. The fourth-order valence-corrected chi connectivity index (χ4v) is 2.19. The SMILES string of the molecule is CCCCNC(=O)c1ccccc1SCC(N)=O. The van der Waals surface area contributed by atoms with Crippen molar-refractivity contribution in [3.05, 3.63) is 29.8 Å². The van der Waals surface area contributed by atoms with Crippen molar-refractivity contribution in [1.29, 1.82) is 0 Å². The molecule has 0 radical (unpaired) electrons. The van der Waals surface area contributed by atoms with Gasteiger partial charge >= 0.3 is 0 Å². The number of thioether (sulfide) groups is 1. The molecule has 0 spiro atoms. The molecule has 0 aliphatic carbocycles. The molecule has 18 heavy (non-hydrogen) atoms. The molecule has 0 atom stereocenters. The van der Waals surface area contributed by atoms with E-state index in [2.05, 4.69) is 12.2 Å². The minimum Gasteiger partial charge on any atom is -0.369 e. The molecule has 98 valence electrons. The van der Waals surface area contributed by atoms with Crippen LogP contribution in [0.15, 0.2) is 29.2 Å². The molecule has 0 aliphatic rings. The van der Waals surface area contributed by atoms with E-state index < -0.39 is 0 Å². The van der Waals surface area contributed by atoms with Crippen LogP contribution in [0.2, 0.25) is 0 Å². The van der Waals surface area contributed by atoms with Crippen LogP contribution in [0, 0.1) is 0 Å². The zero-order valence-electron chi connectivity index (χ0n) is 10.4. The van der Waals surface area contributed by atoms with E-state index in [4.69, 9.17) is 5.73 Å². The first-order valence-corrected chi connectivity index (χ1v) is 6.92. The number of primary amides is 1. The molecule has 0 bridgehead atoms. The highest BCUT2D eigenvalue weighted by molar-refractivity contribution is 8.00. The second-order valence-corrected chi connectivity index (χ2v) is 4.88. The second kappa shape index (κ2) is 7.76. The van der Waals surface area contributed by atoms with Gasteiger partial charge in [0.1, 0.15) is 0 Å². The molecule has 1 rings (SSSR count). The van der Waals surface area contributed by atoms with Crippen LogP contribution in [0.1, 0.15) is 30.1 Å². The van der Waals surface area contributed by atoms with Gasteiger partial charge in [-0.1, -0.05) is 25.5 Å². The molecule has 0 saturated carbocycles. The van der Waals surface area contributed by atoms with Crippen LogP contribution in [0.3, 0.4) is 0 Å². The van der Waals surface area contributed by atoms with E-state index in [1.54, 1.807) is 6.07 Å². The molecule has 0 fully saturated rings. The first-order chi connectivity index (χ1) is 8.65. The standard InChI is InChI=1S/C13H18N2O2S/c1-2-3-8-15-13(17)10-6-4-5-7-11(10)18-9-12(14)16/h4-7H,2-3,8-9H2,1H3,(H2,14,16)(H,15,17). The third-order valence-electron chi connectivity index (χ3n) is 2.32. The number of benzene rings is 1. The number of unbranched alkanes of at least 4 members (excludes halogenated alkanes) is 1. The number of amides is 2. The Hall–Kier alpha value is -1.49. The summed E-state index contributed by atoms with van der Waals surface area (Å²) in [6.07, 6.45) is 2.00. The quantitative estimate of drug-likeness (QED) is 0.584. The van der Waals surface area contributed by atoms with Crippen molar-refractivity contribution >= 4 is 23.6 Å². The monoisotopic (exact) mass is 266 g/mol. The first kappa shape index (κ1) is 14.6. The fraction of sp³-hybridized carbons (Fsp3) is 0.385. The van der Waals surface area contributed by atoms with Crippen LogP contribution in [0.4, 0.5) is 0 Å². The van der Waals surface area contributed by atoms with Gasteiger partial charge in [-0.2, -0.15) is 0 Å². The Morgan fingerprint density at radius 1 is 1.33 bits per heavy atom. The molecule has 4 nitrogen and oxygen atoms in total. The van der Waals surface area contributed by atoms with E-state index in [1.165, 1.54) is 11.8 Å². The molecular weight excluding hydrogens is 248 g/mol. The molecule has 0 aliphatic heterocycles. The van der Waals surface area contributed by atoms with Crippen molar-refractivity contribution in [3.63, 3.8) is 0 Å². The topological polar surface area (TPSA) is 72.2 Å². The molecule has 3 N–H and O–H groups in total. The summed E-state index contributed by atoms with van der Waals surface area (Å²) in [6, 6.07) is 7.22. The van der Waals surface area contributed by atoms with Gasteiger partial charge in [-0.3, -0.25) is 9.59 Å². The Balaban J connectivity index is 2.68. The molecule has 5 heteroatoms. The lowest BCUT2D eigenvalue weighted by Crippen LogP contribution is -2.25. The lowest BCUT2D eigenvalue weighted by Gasteiger charge is -2.08. The van der Waals surface area contributed by atoms with Crippen molar-refractivity contribution in [2.75, 3.05) is 12.3 Å². The summed E-state index contributed by atoms with van der Waals surface area (Å²) in [5.41, 5.74) is 5.70. The van der Waals surface area contributed by atoms with Crippen LogP contribution >= 0.6 is 11.8 Å². The molecule has 0 saturated heterocycles. The number of hydrogen-bond donors (Lipinski definition) is 2. The summed E-state index contributed by atoms with van der Waals surface area (Å²) in [5.74, 6) is -0.309. The second-order valence-electron chi connectivity index (χ2n) is 3.86. The van der Waals surface area contributed by atoms with Crippen molar-refractivity contribution in [3.8, 4) is 0 Å². The predicted molar refractivity (Wildman–Crippen MR) is 73.6 cm³/mol. The van der Waals surface area contributed by atoms with Crippen molar-refractivity contribution < 1.29 is 9.59 Å². The van der Waals surface area contributed by atoms with E-state index in [1.807, 2.05) is 18.2 Å². The summed E-state index contributed by atoms with van der Waals surface area (Å²) in [6.45, 7) is 2.74. The van der Waals surface area contributed by atoms with Gasteiger partial charge in [0.25, 0.3) is 5.91 Å². The molecule has 0 unspecified atom stereocenters. The number of nitrogens with one attached hydrogen (secondary N) is 1. The van der Waals surface area contributed by atoms with Gasteiger partial charge in [-0.05, 0) is 18.6 Å². The van der Waals surface area contributed by atoms with E-state index in [9.17, 15) is 9.59 Å². The molecule has 0 aromatic heterocycles. The largest absolute Gasteiger partial charge is 0.369 e.